The number of nitrogens with one attached hydrogen (secondary N) is 1. The Labute approximate surface area is 115 Å². The third-order valence-electron chi connectivity index (χ3n) is 4.39. The Morgan fingerprint density at radius 3 is 2.21 bits per heavy atom. The molecule has 0 spiro atoms. The second kappa shape index (κ2) is 6.89. The number of carbonyl (C=O) groups excluding carboxylic acids is 1. The average Bonchev–Trinajstić information content (AvgIpc) is 2.38. The van der Waals surface area contributed by atoms with Gasteiger partial charge in [0, 0.05) is 12.5 Å². The number of hydrogen-bond acceptors (Lipinski definition) is 3. The van der Waals surface area contributed by atoms with E-state index in [1.165, 1.54) is 0 Å². The summed E-state index contributed by atoms with van der Waals surface area (Å²) < 4.78 is 0. The Morgan fingerprint density at radius 2 is 1.79 bits per heavy atom. The fraction of sp³-hybridized carbons (Fsp3) is 0.857. The molecule has 19 heavy (non-hydrogen) atoms. The number of likely N-dealkylation sites (tertiary alicyclic amines) is 1. The monoisotopic (exact) mass is 270 g/mol. The van der Waals surface area contributed by atoms with Crippen molar-refractivity contribution in [3.05, 3.63) is 0 Å². The van der Waals surface area contributed by atoms with E-state index in [0.717, 1.165) is 25.9 Å². The second-order valence-electron chi connectivity index (χ2n) is 5.61. The van der Waals surface area contributed by atoms with E-state index in [0.29, 0.717) is 12.8 Å². The molecule has 0 aromatic heterocycles. The van der Waals surface area contributed by atoms with Gasteiger partial charge in [-0.25, -0.2) is 0 Å². The SMILES string of the molecule is CCC(CC)(CC(=O)NC1CCN(C)CC1)C(=O)O. The molecule has 0 aliphatic carbocycles. The van der Waals surface area contributed by atoms with Gasteiger partial charge in [-0.3, -0.25) is 9.59 Å². The number of carbonyl (C=O) groups is 2. The zero-order chi connectivity index (χ0) is 14.5. The summed E-state index contributed by atoms with van der Waals surface area (Å²) in [5.41, 5.74) is -0.907. The lowest BCUT2D eigenvalue weighted by Gasteiger charge is -2.31. The number of aliphatic carboxylic acids is 1. The van der Waals surface area contributed by atoms with Gasteiger partial charge in [0.15, 0.2) is 0 Å². The highest BCUT2D eigenvalue weighted by Gasteiger charge is 2.37. The predicted octanol–water partition coefficient (Wildman–Crippen LogP) is 1.48. The highest BCUT2D eigenvalue weighted by atomic mass is 16.4. The summed E-state index contributed by atoms with van der Waals surface area (Å²) in [6, 6.07) is 0.198. The van der Waals surface area contributed by atoms with Crippen LogP contribution >= 0.6 is 0 Å². The second-order valence-corrected chi connectivity index (χ2v) is 5.61. The summed E-state index contributed by atoms with van der Waals surface area (Å²) in [6.07, 6.45) is 2.95. The largest absolute Gasteiger partial charge is 0.481 e. The van der Waals surface area contributed by atoms with Crippen LogP contribution in [0.1, 0.15) is 46.0 Å². The van der Waals surface area contributed by atoms with Crippen molar-refractivity contribution in [1.29, 1.82) is 0 Å². The van der Waals surface area contributed by atoms with Crippen LogP contribution in [0.25, 0.3) is 0 Å². The number of nitrogens with zero attached hydrogens (tertiary/aromatic N) is 1. The quantitative estimate of drug-likeness (QED) is 0.767. The van der Waals surface area contributed by atoms with E-state index in [1.54, 1.807) is 0 Å². The predicted molar refractivity (Wildman–Crippen MR) is 73.9 cm³/mol. The van der Waals surface area contributed by atoms with Crippen LogP contribution in [0, 0.1) is 5.41 Å². The Hall–Kier alpha value is -1.10. The molecular formula is C14H26N2O3. The molecule has 110 valence electrons. The zero-order valence-electron chi connectivity index (χ0n) is 12.2. The van der Waals surface area contributed by atoms with E-state index < -0.39 is 11.4 Å². The molecule has 1 aliphatic heterocycles. The minimum atomic E-state index is -0.907. The first-order valence-corrected chi connectivity index (χ1v) is 7.15. The molecule has 1 heterocycles. The number of hydrogen-bond donors (Lipinski definition) is 2. The van der Waals surface area contributed by atoms with Crippen LogP contribution in [0.5, 0.6) is 0 Å². The molecule has 0 radical (unpaired) electrons. The first-order chi connectivity index (χ1) is 8.93. The van der Waals surface area contributed by atoms with Crippen molar-refractivity contribution < 1.29 is 14.7 Å². The van der Waals surface area contributed by atoms with Crippen molar-refractivity contribution in [3.63, 3.8) is 0 Å². The summed E-state index contributed by atoms with van der Waals surface area (Å²) >= 11 is 0. The van der Waals surface area contributed by atoms with Crippen molar-refractivity contribution in [2.45, 2.75) is 52.0 Å². The zero-order valence-corrected chi connectivity index (χ0v) is 12.2. The molecule has 5 heteroatoms. The normalized spacial score (nSPS) is 18.3. The lowest BCUT2D eigenvalue weighted by atomic mass is 9.79. The van der Waals surface area contributed by atoms with Gasteiger partial charge in [-0.15, -0.1) is 0 Å². The molecule has 2 N–H and O–H groups in total. The van der Waals surface area contributed by atoms with Crippen LogP contribution in [-0.2, 0) is 9.59 Å². The highest BCUT2D eigenvalue weighted by Crippen LogP contribution is 2.31. The smallest absolute Gasteiger partial charge is 0.310 e. The number of amides is 1. The fourth-order valence-electron chi connectivity index (χ4n) is 2.62. The first kappa shape index (κ1) is 16.0. The van der Waals surface area contributed by atoms with Crippen LogP contribution in [0.2, 0.25) is 0 Å². The van der Waals surface area contributed by atoms with Crippen LogP contribution in [0.3, 0.4) is 0 Å². The first-order valence-electron chi connectivity index (χ1n) is 7.15. The van der Waals surface area contributed by atoms with Gasteiger partial charge in [-0.2, -0.15) is 0 Å². The molecule has 0 unspecified atom stereocenters. The van der Waals surface area contributed by atoms with E-state index in [2.05, 4.69) is 17.3 Å². The van der Waals surface area contributed by atoms with Gasteiger partial charge in [0.1, 0.15) is 0 Å². The lowest BCUT2D eigenvalue weighted by molar-refractivity contribution is -0.152. The van der Waals surface area contributed by atoms with Gasteiger partial charge in [-0.1, -0.05) is 13.8 Å². The fourth-order valence-corrected chi connectivity index (χ4v) is 2.62. The molecule has 1 rings (SSSR count). The molecule has 0 bridgehead atoms. The molecule has 0 aromatic carbocycles. The van der Waals surface area contributed by atoms with Gasteiger partial charge in [0.05, 0.1) is 5.41 Å². The van der Waals surface area contributed by atoms with Gasteiger partial charge >= 0.3 is 5.97 Å². The lowest BCUT2D eigenvalue weighted by Crippen LogP contribution is -2.45. The third kappa shape index (κ3) is 4.20. The molecule has 1 saturated heterocycles. The van der Waals surface area contributed by atoms with Crippen LogP contribution in [0.15, 0.2) is 0 Å². The molecule has 0 saturated carbocycles. The summed E-state index contributed by atoms with van der Waals surface area (Å²) in [4.78, 5) is 25.6. The molecule has 1 fully saturated rings. The number of carboxylic acids is 1. The Kier molecular flexibility index (Phi) is 5.79. The maximum Gasteiger partial charge on any atom is 0.310 e. The molecule has 0 atom stereocenters. The molecule has 1 aliphatic rings. The standard InChI is InChI=1S/C14H26N2O3/c1-4-14(5-2,13(18)19)10-12(17)15-11-6-8-16(3)9-7-11/h11H,4-10H2,1-3H3,(H,15,17)(H,18,19). The van der Waals surface area contributed by atoms with E-state index in [4.69, 9.17) is 0 Å². The van der Waals surface area contributed by atoms with Gasteiger partial charge < -0.3 is 15.3 Å². The summed E-state index contributed by atoms with van der Waals surface area (Å²) in [5.74, 6) is -0.989. The van der Waals surface area contributed by atoms with E-state index in [1.807, 2.05) is 13.8 Å². The summed E-state index contributed by atoms with van der Waals surface area (Å²) in [5, 5.41) is 12.3. The molecule has 0 aromatic rings. The van der Waals surface area contributed by atoms with Crippen molar-refractivity contribution >= 4 is 11.9 Å². The molecular weight excluding hydrogens is 244 g/mol. The van der Waals surface area contributed by atoms with Crippen LogP contribution in [0.4, 0.5) is 0 Å². The Morgan fingerprint density at radius 1 is 1.26 bits per heavy atom. The van der Waals surface area contributed by atoms with Crippen LogP contribution in [-0.4, -0.2) is 48.1 Å². The van der Waals surface area contributed by atoms with E-state index in [-0.39, 0.29) is 18.4 Å². The minimum Gasteiger partial charge on any atom is -0.481 e. The minimum absolute atomic E-state index is 0.0850. The number of carboxylic acid groups (broad SMARTS) is 1. The summed E-state index contributed by atoms with van der Waals surface area (Å²) in [7, 11) is 2.07. The van der Waals surface area contributed by atoms with Crippen molar-refractivity contribution in [1.82, 2.24) is 10.2 Å². The van der Waals surface area contributed by atoms with Gasteiger partial charge in [0.2, 0.25) is 5.91 Å². The summed E-state index contributed by atoms with van der Waals surface area (Å²) in [6.45, 7) is 5.63. The van der Waals surface area contributed by atoms with Crippen molar-refractivity contribution in [3.8, 4) is 0 Å². The van der Waals surface area contributed by atoms with Crippen LogP contribution < -0.4 is 5.32 Å². The molecule has 5 nitrogen and oxygen atoms in total. The van der Waals surface area contributed by atoms with E-state index >= 15 is 0 Å². The maximum absolute atomic E-state index is 12.0. The van der Waals surface area contributed by atoms with E-state index in [9.17, 15) is 14.7 Å². The van der Waals surface area contributed by atoms with Crippen molar-refractivity contribution in [2.24, 2.45) is 5.41 Å². The topological polar surface area (TPSA) is 69.6 Å². The van der Waals surface area contributed by atoms with Gasteiger partial charge in [-0.05, 0) is 45.8 Å². The third-order valence-corrected chi connectivity index (χ3v) is 4.39. The molecule has 1 amide bonds. The van der Waals surface area contributed by atoms with Gasteiger partial charge in [0.25, 0.3) is 0 Å². The number of piperidine rings is 1. The van der Waals surface area contributed by atoms with Crippen molar-refractivity contribution in [2.75, 3.05) is 20.1 Å². The highest BCUT2D eigenvalue weighted by molar-refractivity contribution is 5.85. The maximum atomic E-state index is 12.0. The Bertz CT molecular complexity index is 319. The average molecular weight is 270 g/mol. The number of rotatable bonds is 6. The Balaban J connectivity index is 2.51.